The molecule has 604 valence electrons. The van der Waals surface area contributed by atoms with Crippen LogP contribution in [0.4, 0.5) is 11.4 Å². The summed E-state index contributed by atoms with van der Waals surface area (Å²) in [5, 5.41) is 6.45. The number of carbonyl (C=O) groups is 4. The third-order valence-electron chi connectivity index (χ3n) is 25.3. The van der Waals surface area contributed by atoms with E-state index in [1.54, 1.807) is 0 Å². The van der Waals surface area contributed by atoms with Crippen LogP contribution in [0.1, 0.15) is 361 Å². The molecular formula is C104H130N2O4S4. The number of anilines is 2. The van der Waals surface area contributed by atoms with E-state index in [0.717, 1.165) is 68.1 Å². The van der Waals surface area contributed by atoms with Crippen LogP contribution >= 0.6 is 45.3 Å². The van der Waals surface area contributed by atoms with E-state index in [1.165, 1.54) is 330 Å². The quantitative estimate of drug-likeness (QED) is 0.0165. The first kappa shape index (κ1) is 84.8. The highest BCUT2D eigenvalue weighted by atomic mass is 32.1. The summed E-state index contributed by atoms with van der Waals surface area (Å²) in [6.07, 6.45) is 57.6. The smallest absolute Gasteiger partial charge is 0.265 e. The lowest BCUT2D eigenvalue weighted by atomic mass is 9.82. The second-order valence-corrected chi connectivity index (χ2v) is 38.4. The molecule has 2 atom stereocenters. The second kappa shape index (κ2) is 42.9. The van der Waals surface area contributed by atoms with Gasteiger partial charge in [0.2, 0.25) is 0 Å². The van der Waals surface area contributed by atoms with Gasteiger partial charge in [0.15, 0.2) is 0 Å². The number of imide groups is 2. The highest BCUT2D eigenvalue weighted by molar-refractivity contribution is 7.24. The van der Waals surface area contributed by atoms with Crippen LogP contribution in [-0.4, -0.2) is 23.6 Å². The molecule has 4 aromatic heterocycles. The summed E-state index contributed by atoms with van der Waals surface area (Å²) < 4.78 is 0. The molecule has 13 rings (SSSR count). The summed E-state index contributed by atoms with van der Waals surface area (Å²) in [5.41, 5.74) is 8.00. The average Bonchev–Trinajstić information content (AvgIpc) is 0.841. The SMILES string of the molecule is CCCCCCCCCCC(CCCCCCCC)Cc1ccc(-c2sc(-c3ccc(N4C(=O)c5ccc6c7ccc8c9c(ccc(c%10ccc(c5c6%10)C4=O)c97)C(=O)N(c4ccc(-c5cc(CCCCCC)c(-c6ccc(CC(CCCCCCCC)CCCCCCCCCC)s6)s5)cc4)C8=O)cc3)cc2CCCCCC)s1. The summed E-state index contributed by atoms with van der Waals surface area (Å²) in [6, 6.07) is 46.2. The molecule has 10 heteroatoms. The largest absolute Gasteiger partial charge is 0.268 e. The normalized spacial score (nSPS) is 13.6. The fraction of sp³-hybridized carbons (Fsp3) is 0.500. The van der Waals surface area contributed by atoms with E-state index in [4.69, 9.17) is 0 Å². The lowest BCUT2D eigenvalue weighted by Gasteiger charge is -2.30. The lowest BCUT2D eigenvalue weighted by Crippen LogP contribution is -2.40. The Bertz CT molecular complexity index is 4500. The number of nitrogens with zero attached hydrogens (tertiary/aromatic N) is 2. The molecule has 0 radical (unpaired) electrons. The molecule has 114 heavy (non-hydrogen) atoms. The topological polar surface area (TPSA) is 74.8 Å². The number of hydrogen-bond donors (Lipinski definition) is 0. The molecule has 0 bridgehead atoms. The van der Waals surface area contributed by atoms with Gasteiger partial charge in [0.1, 0.15) is 0 Å². The lowest BCUT2D eigenvalue weighted by molar-refractivity contribution is 0.0877. The maximum atomic E-state index is 15.1. The van der Waals surface area contributed by atoms with Gasteiger partial charge in [-0.3, -0.25) is 19.2 Å². The van der Waals surface area contributed by atoms with Gasteiger partial charge in [0, 0.05) is 72.0 Å². The van der Waals surface area contributed by atoms with Crippen LogP contribution in [0.3, 0.4) is 0 Å². The molecule has 0 fully saturated rings. The van der Waals surface area contributed by atoms with Crippen LogP contribution < -0.4 is 9.80 Å². The Balaban J connectivity index is 0.708. The molecular weight excluding hydrogens is 1470 g/mol. The maximum Gasteiger partial charge on any atom is 0.265 e. The first-order valence-electron chi connectivity index (χ1n) is 45.7. The van der Waals surface area contributed by atoms with Crippen molar-refractivity contribution >= 4 is 123 Å². The van der Waals surface area contributed by atoms with Crippen molar-refractivity contribution in [2.24, 2.45) is 11.8 Å². The Kier molecular flexibility index (Phi) is 31.9. The fourth-order valence-electron chi connectivity index (χ4n) is 18.7. The van der Waals surface area contributed by atoms with E-state index < -0.39 is 0 Å². The van der Waals surface area contributed by atoms with Crippen molar-refractivity contribution in [1.29, 1.82) is 0 Å². The Labute approximate surface area is 700 Å². The predicted molar refractivity (Wildman–Crippen MR) is 497 cm³/mol. The summed E-state index contributed by atoms with van der Waals surface area (Å²) in [4.78, 5) is 74.1. The first-order valence-corrected chi connectivity index (χ1v) is 48.9. The summed E-state index contributed by atoms with van der Waals surface area (Å²) >= 11 is 7.80. The van der Waals surface area contributed by atoms with E-state index in [9.17, 15) is 0 Å². The van der Waals surface area contributed by atoms with E-state index in [0.29, 0.717) is 44.4 Å². The van der Waals surface area contributed by atoms with Gasteiger partial charge in [0.25, 0.3) is 23.6 Å². The molecule has 6 nitrogen and oxygen atoms in total. The molecule has 0 aliphatic carbocycles. The Hall–Kier alpha value is -7.08. The van der Waals surface area contributed by atoms with Crippen molar-refractivity contribution in [2.45, 2.75) is 324 Å². The zero-order chi connectivity index (χ0) is 79.1. The monoisotopic (exact) mass is 1600 g/mol. The van der Waals surface area contributed by atoms with E-state index in [2.05, 4.69) is 102 Å². The molecule has 2 aliphatic heterocycles. The number of aryl methyl sites for hydroxylation is 2. The van der Waals surface area contributed by atoms with Gasteiger partial charge in [-0.05, 0) is 190 Å². The van der Waals surface area contributed by atoms with E-state index in [-0.39, 0.29) is 23.6 Å². The Morgan fingerprint density at radius 3 is 0.825 bits per heavy atom. The number of unbranched alkanes of at least 4 members (excludes halogenated alkanes) is 30. The van der Waals surface area contributed by atoms with Crippen LogP contribution in [0.2, 0.25) is 0 Å². The number of amides is 4. The molecule has 4 amide bonds. The number of rotatable bonds is 52. The zero-order valence-electron chi connectivity index (χ0n) is 70.1. The highest BCUT2D eigenvalue weighted by Crippen LogP contribution is 2.50. The highest BCUT2D eigenvalue weighted by Gasteiger charge is 2.39. The van der Waals surface area contributed by atoms with Gasteiger partial charge in [-0.1, -0.05) is 334 Å². The van der Waals surface area contributed by atoms with Gasteiger partial charge in [-0.15, -0.1) is 45.3 Å². The van der Waals surface area contributed by atoms with Crippen LogP contribution in [-0.2, 0) is 25.7 Å². The van der Waals surface area contributed by atoms with Gasteiger partial charge in [-0.25, -0.2) is 9.80 Å². The summed E-state index contributed by atoms with van der Waals surface area (Å²) in [5.74, 6) is 0.0711. The zero-order valence-corrected chi connectivity index (χ0v) is 73.4. The van der Waals surface area contributed by atoms with Crippen molar-refractivity contribution < 1.29 is 19.2 Å². The molecule has 0 N–H and O–H groups in total. The van der Waals surface area contributed by atoms with Gasteiger partial charge >= 0.3 is 0 Å². The van der Waals surface area contributed by atoms with E-state index >= 15 is 19.2 Å². The van der Waals surface area contributed by atoms with Crippen molar-refractivity contribution in [3.63, 3.8) is 0 Å². The number of benzene rings is 7. The molecule has 11 aromatic rings. The number of thiophene rings is 4. The standard InChI is InChI=1S/C104H130N2O4S4/c1-7-13-19-25-29-31-35-39-45-73(43-37-33-27-21-15-9-3)69-81-57-67-91(111-81)99-77(47-41-23-17-11-5)71-93(113-99)75-49-53-79(54-50-75)105-101(107)87-63-59-83-85-61-65-89-98-90(66-62-86(96(85)98)84-60-64-88(102(105)108)97(87)95(83)84)104(110)106(103(89)109)80-55-51-76(52-56-80)94-72-78(48-42-24-18-12-6)100(114-94)92-68-58-82(112-92)70-74(44-38-34-28-22-16-10-4)46-40-36-32-30-26-20-14-8-2/h49-68,71-74H,7-48,69-70H2,1-6H3. The molecule has 0 saturated heterocycles. The second-order valence-electron chi connectivity index (χ2n) is 34.0. The van der Waals surface area contributed by atoms with Crippen LogP contribution in [0.5, 0.6) is 0 Å². The van der Waals surface area contributed by atoms with Crippen molar-refractivity contribution in [3.8, 4) is 40.4 Å². The predicted octanol–water partition coefficient (Wildman–Crippen LogP) is 33.4. The first-order chi connectivity index (χ1) is 56.0. The third-order valence-corrected chi connectivity index (χ3v) is 30.3. The average molecular weight is 1600 g/mol. The third kappa shape index (κ3) is 20.5. The summed E-state index contributed by atoms with van der Waals surface area (Å²) in [7, 11) is 0. The minimum Gasteiger partial charge on any atom is -0.268 e. The molecule has 0 spiro atoms. The Morgan fingerprint density at radius 1 is 0.263 bits per heavy atom. The van der Waals surface area contributed by atoms with Crippen molar-refractivity contribution in [1.82, 2.24) is 0 Å². The van der Waals surface area contributed by atoms with E-state index in [1.807, 2.05) is 118 Å². The van der Waals surface area contributed by atoms with Crippen LogP contribution in [0.15, 0.2) is 133 Å². The van der Waals surface area contributed by atoms with Gasteiger partial charge in [-0.2, -0.15) is 0 Å². The minimum atomic E-state index is -0.353. The van der Waals surface area contributed by atoms with Gasteiger partial charge in [0.05, 0.1) is 11.4 Å². The number of carbonyl (C=O) groups excluding carboxylic acids is 4. The molecule has 6 heterocycles. The van der Waals surface area contributed by atoms with Crippen molar-refractivity contribution in [3.05, 3.63) is 177 Å². The minimum absolute atomic E-state index is 0.353. The van der Waals surface area contributed by atoms with Crippen LogP contribution in [0, 0.1) is 11.8 Å². The Morgan fingerprint density at radius 2 is 0.535 bits per heavy atom. The number of hydrogen-bond acceptors (Lipinski definition) is 8. The fourth-order valence-corrected chi connectivity index (χ4v) is 23.7. The summed E-state index contributed by atoms with van der Waals surface area (Å²) in [6.45, 7) is 13.8. The molecule has 2 unspecified atom stereocenters. The molecule has 7 aromatic carbocycles. The van der Waals surface area contributed by atoms with Crippen molar-refractivity contribution in [2.75, 3.05) is 9.80 Å². The van der Waals surface area contributed by atoms with Crippen LogP contribution in [0.25, 0.3) is 83.5 Å². The number of fused-ring (bicyclic) bond motifs is 2. The molecule has 0 saturated carbocycles. The van der Waals surface area contributed by atoms with Gasteiger partial charge < -0.3 is 0 Å². The maximum absolute atomic E-state index is 15.1. The molecule has 2 aliphatic rings.